The zero-order valence-electron chi connectivity index (χ0n) is 37.3. The van der Waals surface area contributed by atoms with E-state index < -0.39 is 51.1 Å². The number of esters is 2. The van der Waals surface area contributed by atoms with Crippen molar-refractivity contribution in [2.24, 2.45) is 5.73 Å². The van der Waals surface area contributed by atoms with Gasteiger partial charge in [-0.3, -0.25) is 23.4 Å². The second-order valence-corrected chi connectivity index (χ2v) is 16.6. The highest BCUT2D eigenvalue weighted by Gasteiger charge is 2.28. The van der Waals surface area contributed by atoms with Gasteiger partial charge >= 0.3 is 25.7 Å². The van der Waals surface area contributed by atoms with Crippen LogP contribution in [0.3, 0.4) is 0 Å². The van der Waals surface area contributed by atoms with Gasteiger partial charge in [-0.2, -0.15) is 0 Å². The standard InChI is InChI=1S/C48H82NO10P/c1-3-5-7-9-11-13-15-17-19-21-22-24-25-27-29-31-33-35-37-39-46(50)56-41-44(42-57-60(54,55)58-43-45(49)48(52)53)59-47(51)40-38-36-34-32-30-28-26-23-20-18-16-14-12-10-8-6-4-2/h11-14,17-20,26,28,32,34,44-45H,3-10,15-16,21-25,27,29-31,33,35-43,49H2,1-2H3,(H,52,53)(H,54,55)/b13-11-,14-12-,19-17-,20-18-,28-26-,34-32-/t44-,45+/m1/s1. The summed E-state index contributed by atoms with van der Waals surface area (Å²) >= 11 is 0. The number of carbonyl (C=O) groups is 3. The summed E-state index contributed by atoms with van der Waals surface area (Å²) in [6.07, 6.45) is 51.1. The molecule has 0 aliphatic rings. The molecule has 1 unspecified atom stereocenters. The van der Waals surface area contributed by atoms with E-state index in [-0.39, 0.29) is 19.4 Å². The van der Waals surface area contributed by atoms with Gasteiger partial charge in [-0.05, 0) is 83.5 Å². The summed E-state index contributed by atoms with van der Waals surface area (Å²) < 4.78 is 32.7. The van der Waals surface area contributed by atoms with Crippen LogP contribution in [0.2, 0.25) is 0 Å². The monoisotopic (exact) mass is 864 g/mol. The van der Waals surface area contributed by atoms with Gasteiger partial charge in [-0.25, -0.2) is 4.57 Å². The second kappa shape index (κ2) is 42.6. The molecule has 0 aromatic rings. The van der Waals surface area contributed by atoms with E-state index in [4.69, 9.17) is 24.8 Å². The van der Waals surface area contributed by atoms with Crippen LogP contribution >= 0.6 is 7.82 Å². The average molecular weight is 864 g/mol. The van der Waals surface area contributed by atoms with E-state index in [0.717, 1.165) is 57.8 Å². The molecule has 0 aromatic heterocycles. The minimum absolute atomic E-state index is 0.0813. The highest BCUT2D eigenvalue weighted by molar-refractivity contribution is 7.47. The molecule has 12 heteroatoms. The number of hydrogen-bond donors (Lipinski definition) is 3. The Balaban J connectivity index is 4.42. The summed E-state index contributed by atoms with van der Waals surface area (Å²) in [4.78, 5) is 46.0. The number of hydrogen-bond acceptors (Lipinski definition) is 9. The molecule has 0 spiro atoms. The molecule has 0 heterocycles. The molecule has 0 rings (SSSR count). The van der Waals surface area contributed by atoms with E-state index in [2.05, 4.69) is 79.1 Å². The number of nitrogens with two attached hydrogens (primary N) is 1. The maximum absolute atomic E-state index is 12.6. The third-order valence-corrected chi connectivity index (χ3v) is 10.4. The van der Waals surface area contributed by atoms with Crippen molar-refractivity contribution in [3.8, 4) is 0 Å². The first-order valence-corrected chi connectivity index (χ1v) is 24.5. The Hall–Kier alpha value is -3.08. The van der Waals surface area contributed by atoms with Crippen LogP contribution in [0.15, 0.2) is 72.9 Å². The van der Waals surface area contributed by atoms with Gasteiger partial charge in [-0.15, -0.1) is 0 Å². The first-order chi connectivity index (χ1) is 29.1. The zero-order valence-corrected chi connectivity index (χ0v) is 38.2. The van der Waals surface area contributed by atoms with Crippen molar-refractivity contribution in [1.29, 1.82) is 0 Å². The third kappa shape index (κ3) is 41.6. The molecule has 4 N–H and O–H groups in total. The lowest BCUT2D eigenvalue weighted by atomic mass is 10.1. The number of aliphatic carboxylic acids is 1. The predicted octanol–water partition coefficient (Wildman–Crippen LogP) is 12.5. The second-order valence-electron chi connectivity index (χ2n) is 15.2. The van der Waals surface area contributed by atoms with Crippen LogP contribution in [-0.2, 0) is 37.5 Å². The fraction of sp³-hybridized carbons (Fsp3) is 0.688. The summed E-state index contributed by atoms with van der Waals surface area (Å²) in [5, 5.41) is 8.90. The lowest BCUT2D eigenvalue weighted by Gasteiger charge is -2.20. The quantitative estimate of drug-likeness (QED) is 0.0231. The Kier molecular flexibility index (Phi) is 40.4. The smallest absolute Gasteiger partial charge is 0.472 e. The Bertz CT molecular complexity index is 1290. The molecule has 0 aromatic carbocycles. The van der Waals surface area contributed by atoms with E-state index in [1.54, 1.807) is 0 Å². The van der Waals surface area contributed by atoms with Gasteiger partial charge in [0.15, 0.2) is 6.10 Å². The number of carboxylic acids is 1. The summed E-state index contributed by atoms with van der Waals surface area (Å²) in [5.41, 5.74) is 5.33. The maximum atomic E-state index is 12.6. The van der Waals surface area contributed by atoms with Crippen LogP contribution in [0, 0.1) is 0 Å². The number of phosphoric acid groups is 1. The Morgan fingerprint density at radius 2 is 0.900 bits per heavy atom. The number of carboxylic acid groups (broad SMARTS) is 1. The number of rotatable bonds is 42. The van der Waals surface area contributed by atoms with Gasteiger partial charge in [0.1, 0.15) is 12.6 Å². The molecular weight excluding hydrogens is 781 g/mol. The van der Waals surface area contributed by atoms with Crippen molar-refractivity contribution >= 4 is 25.7 Å². The van der Waals surface area contributed by atoms with Crippen molar-refractivity contribution in [3.63, 3.8) is 0 Å². The van der Waals surface area contributed by atoms with Crippen LogP contribution in [0.1, 0.15) is 181 Å². The number of phosphoric ester groups is 1. The number of unbranched alkanes of at least 4 members (excludes halogenated alkanes) is 16. The number of ether oxygens (including phenoxy) is 2. The van der Waals surface area contributed by atoms with E-state index in [9.17, 15) is 23.8 Å². The van der Waals surface area contributed by atoms with Crippen LogP contribution < -0.4 is 5.73 Å². The van der Waals surface area contributed by atoms with Crippen molar-refractivity contribution in [2.75, 3.05) is 19.8 Å². The summed E-state index contributed by atoms with van der Waals surface area (Å²) in [6, 6.07) is -1.53. The molecule has 0 amide bonds. The van der Waals surface area contributed by atoms with Gasteiger partial charge in [-0.1, -0.05) is 157 Å². The molecule has 0 saturated carbocycles. The van der Waals surface area contributed by atoms with Crippen LogP contribution in [0.4, 0.5) is 0 Å². The van der Waals surface area contributed by atoms with E-state index in [1.807, 2.05) is 12.2 Å². The first-order valence-electron chi connectivity index (χ1n) is 23.0. The molecule has 11 nitrogen and oxygen atoms in total. The zero-order chi connectivity index (χ0) is 44.2. The van der Waals surface area contributed by atoms with Crippen molar-refractivity contribution in [1.82, 2.24) is 0 Å². The number of carbonyl (C=O) groups excluding carboxylic acids is 2. The fourth-order valence-corrected chi connectivity index (χ4v) is 6.57. The van der Waals surface area contributed by atoms with E-state index >= 15 is 0 Å². The largest absolute Gasteiger partial charge is 0.480 e. The van der Waals surface area contributed by atoms with Gasteiger partial charge in [0.25, 0.3) is 0 Å². The van der Waals surface area contributed by atoms with Gasteiger partial charge in [0.2, 0.25) is 0 Å². The highest BCUT2D eigenvalue weighted by Crippen LogP contribution is 2.43. The van der Waals surface area contributed by atoms with Gasteiger partial charge in [0, 0.05) is 12.8 Å². The molecule has 0 saturated heterocycles. The molecular formula is C48H82NO10P. The minimum atomic E-state index is -4.74. The Morgan fingerprint density at radius 1 is 0.517 bits per heavy atom. The first kappa shape index (κ1) is 56.9. The lowest BCUT2D eigenvalue weighted by Crippen LogP contribution is -2.34. The molecule has 0 fully saturated rings. The van der Waals surface area contributed by atoms with E-state index in [1.165, 1.54) is 77.0 Å². The normalized spacial score (nSPS) is 14.3. The number of allylic oxidation sites excluding steroid dienone is 12. The van der Waals surface area contributed by atoms with Crippen molar-refractivity contribution in [2.45, 2.75) is 193 Å². The molecule has 0 aliphatic carbocycles. The molecule has 3 atom stereocenters. The summed E-state index contributed by atoms with van der Waals surface area (Å²) in [7, 11) is -4.74. The van der Waals surface area contributed by atoms with E-state index in [0.29, 0.717) is 19.3 Å². The topological polar surface area (TPSA) is 172 Å². The summed E-state index contributed by atoms with van der Waals surface area (Å²) in [5.74, 6) is -2.46. The van der Waals surface area contributed by atoms with Gasteiger partial charge < -0.3 is 25.2 Å². The van der Waals surface area contributed by atoms with Crippen LogP contribution in [0.25, 0.3) is 0 Å². The molecule has 0 aliphatic heterocycles. The summed E-state index contributed by atoms with van der Waals surface area (Å²) in [6.45, 7) is 2.69. The van der Waals surface area contributed by atoms with Crippen molar-refractivity contribution < 1.29 is 47.5 Å². The average Bonchev–Trinajstić information content (AvgIpc) is 3.22. The molecule has 344 valence electrons. The highest BCUT2D eigenvalue weighted by atomic mass is 31.2. The Morgan fingerprint density at radius 3 is 1.37 bits per heavy atom. The maximum Gasteiger partial charge on any atom is 0.472 e. The molecule has 0 radical (unpaired) electrons. The Labute approximate surface area is 363 Å². The predicted molar refractivity (Wildman–Crippen MR) is 244 cm³/mol. The van der Waals surface area contributed by atoms with Gasteiger partial charge in [0.05, 0.1) is 13.2 Å². The van der Waals surface area contributed by atoms with Crippen molar-refractivity contribution in [3.05, 3.63) is 72.9 Å². The lowest BCUT2D eigenvalue weighted by molar-refractivity contribution is -0.161. The fourth-order valence-electron chi connectivity index (χ4n) is 5.79. The molecule has 0 bridgehead atoms. The SMILES string of the molecule is CCCCC/C=C\C/C=C\C/C=C\C/C=C\CCCC(=O)O[C@H](COC(=O)CCCCCCCCCCC/C=C\C/C=C\CCCCC)COP(=O)(O)OC[C@H](N)C(=O)O. The third-order valence-electron chi connectivity index (χ3n) is 9.43. The minimum Gasteiger partial charge on any atom is -0.480 e. The molecule has 60 heavy (non-hydrogen) atoms. The van der Waals surface area contributed by atoms with Crippen LogP contribution in [-0.4, -0.2) is 59.9 Å². The van der Waals surface area contributed by atoms with Crippen LogP contribution in [0.5, 0.6) is 0 Å².